The number of rotatable bonds is 4. The predicted octanol–water partition coefficient (Wildman–Crippen LogP) is 3.72. The van der Waals surface area contributed by atoms with Gasteiger partial charge in [0, 0.05) is 18.8 Å². The standard InChI is InChI=1S/C19H21N3/c1-16(18-10-6-3-7-11-18)21-19-12-13-22(15-20-19)14-17-8-4-2-5-9-17/h2-13,16H,14-15H2,1H3,(H,20,21). The molecule has 0 saturated heterocycles. The first-order valence-corrected chi connectivity index (χ1v) is 7.63. The molecule has 22 heavy (non-hydrogen) atoms. The zero-order valence-electron chi connectivity index (χ0n) is 12.8. The third-order valence-corrected chi connectivity index (χ3v) is 3.76. The minimum Gasteiger partial charge on any atom is -0.364 e. The molecular weight excluding hydrogens is 270 g/mol. The summed E-state index contributed by atoms with van der Waals surface area (Å²) in [6, 6.07) is 21.1. The highest BCUT2D eigenvalue weighted by molar-refractivity contribution is 5.93. The average Bonchev–Trinajstić information content (AvgIpc) is 2.58. The van der Waals surface area contributed by atoms with Gasteiger partial charge in [0.05, 0.1) is 0 Å². The second kappa shape index (κ2) is 6.94. The quantitative estimate of drug-likeness (QED) is 0.929. The number of nitrogens with zero attached hydrogens (tertiary/aromatic N) is 2. The summed E-state index contributed by atoms with van der Waals surface area (Å²) in [7, 11) is 0. The van der Waals surface area contributed by atoms with E-state index in [4.69, 9.17) is 0 Å². The van der Waals surface area contributed by atoms with Crippen LogP contribution in [-0.2, 0) is 6.54 Å². The number of aliphatic imine (C=N–C) groups is 1. The van der Waals surface area contributed by atoms with Gasteiger partial charge in [0.15, 0.2) is 0 Å². The van der Waals surface area contributed by atoms with E-state index >= 15 is 0 Å². The maximum atomic E-state index is 4.62. The van der Waals surface area contributed by atoms with Crippen LogP contribution in [0.15, 0.2) is 77.9 Å². The zero-order chi connectivity index (χ0) is 15.2. The van der Waals surface area contributed by atoms with E-state index in [9.17, 15) is 0 Å². The minimum absolute atomic E-state index is 0.255. The zero-order valence-corrected chi connectivity index (χ0v) is 12.8. The fourth-order valence-electron chi connectivity index (χ4n) is 2.50. The third-order valence-electron chi connectivity index (χ3n) is 3.76. The highest BCUT2D eigenvalue weighted by Gasteiger charge is 2.10. The largest absolute Gasteiger partial charge is 0.364 e. The Labute approximate surface area is 132 Å². The van der Waals surface area contributed by atoms with Gasteiger partial charge in [0.2, 0.25) is 0 Å². The molecule has 0 amide bonds. The van der Waals surface area contributed by atoms with Crippen LogP contribution in [0.1, 0.15) is 24.1 Å². The lowest BCUT2D eigenvalue weighted by Crippen LogP contribution is -2.30. The van der Waals surface area contributed by atoms with Crippen LogP contribution in [0.2, 0.25) is 0 Å². The summed E-state index contributed by atoms with van der Waals surface area (Å²) in [5.41, 5.74) is 2.57. The normalized spacial score (nSPS) is 15.3. The van der Waals surface area contributed by atoms with Gasteiger partial charge in [0.1, 0.15) is 12.5 Å². The van der Waals surface area contributed by atoms with Gasteiger partial charge in [-0.2, -0.15) is 0 Å². The Morgan fingerprint density at radius 1 is 1.05 bits per heavy atom. The number of hydrogen-bond acceptors (Lipinski definition) is 3. The van der Waals surface area contributed by atoms with Gasteiger partial charge < -0.3 is 10.2 Å². The second-order valence-corrected chi connectivity index (χ2v) is 5.51. The molecule has 3 heteroatoms. The van der Waals surface area contributed by atoms with Crippen molar-refractivity contribution in [3.8, 4) is 0 Å². The van der Waals surface area contributed by atoms with Gasteiger partial charge in [-0.05, 0) is 24.1 Å². The lowest BCUT2D eigenvalue weighted by Gasteiger charge is -2.24. The highest BCUT2D eigenvalue weighted by atomic mass is 15.2. The minimum atomic E-state index is 0.255. The van der Waals surface area contributed by atoms with Crippen LogP contribution in [0.3, 0.4) is 0 Å². The van der Waals surface area contributed by atoms with E-state index in [0.29, 0.717) is 6.67 Å². The SMILES string of the molecule is CC(NC1=NCN(Cc2ccccc2)C=C1)c1ccccc1. The smallest absolute Gasteiger partial charge is 0.124 e. The molecule has 3 rings (SSSR count). The molecule has 1 aliphatic heterocycles. The fourth-order valence-corrected chi connectivity index (χ4v) is 2.50. The Morgan fingerprint density at radius 3 is 2.36 bits per heavy atom. The Bertz CT molecular complexity index is 647. The van der Waals surface area contributed by atoms with Crippen molar-refractivity contribution in [2.45, 2.75) is 19.5 Å². The molecule has 3 nitrogen and oxygen atoms in total. The Morgan fingerprint density at radius 2 is 1.73 bits per heavy atom. The molecular formula is C19H21N3. The van der Waals surface area contributed by atoms with Gasteiger partial charge in [-0.25, -0.2) is 4.99 Å². The first kappa shape index (κ1) is 14.4. The fraction of sp³-hybridized carbons (Fsp3) is 0.211. The lowest BCUT2D eigenvalue weighted by molar-refractivity contribution is 0.377. The van der Waals surface area contributed by atoms with Crippen molar-refractivity contribution in [1.29, 1.82) is 0 Å². The van der Waals surface area contributed by atoms with Crippen LogP contribution in [0.5, 0.6) is 0 Å². The van der Waals surface area contributed by atoms with Gasteiger partial charge in [-0.1, -0.05) is 60.7 Å². The maximum Gasteiger partial charge on any atom is 0.124 e. The van der Waals surface area contributed by atoms with Crippen LogP contribution in [0.25, 0.3) is 0 Å². The Balaban J connectivity index is 1.55. The topological polar surface area (TPSA) is 27.6 Å². The molecule has 0 aromatic heterocycles. The molecule has 112 valence electrons. The molecule has 1 N–H and O–H groups in total. The molecule has 1 aliphatic rings. The van der Waals surface area contributed by atoms with E-state index in [-0.39, 0.29) is 6.04 Å². The first-order chi connectivity index (χ1) is 10.8. The molecule has 0 fully saturated rings. The molecule has 0 bridgehead atoms. The number of nitrogens with one attached hydrogen (secondary N) is 1. The number of amidine groups is 1. The second-order valence-electron chi connectivity index (χ2n) is 5.51. The van der Waals surface area contributed by atoms with Crippen molar-refractivity contribution in [3.63, 3.8) is 0 Å². The maximum absolute atomic E-state index is 4.62. The van der Waals surface area contributed by atoms with Crippen LogP contribution >= 0.6 is 0 Å². The molecule has 1 unspecified atom stereocenters. The average molecular weight is 291 g/mol. The van der Waals surface area contributed by atoms with E-state index in [1.165, 1.54) is 11.1 Å². The van der Waals surface area contributed by atoms with Crippen molar-refractivity contribution in [1.82, 2.24) is 10.2 Å². The van der Waals surface area contributed by atoms with Gasteiger partial charge in [0.25, 0.3) is 0 Å². The van der Waals surface area contributed by atoms with Crippen LogP contribution in [0, 0.1) is 0 Å². The highest BCUT2D eigenvalue weighted by Crippen LogP contribution is 2.13. The number of benzene rings is 2. The van der Waals surface area contributed by atoms with E-state index in [0.717, 1.165) is 12.4 Å². The van der Waals surface area contributed by atoms with Crippen molar-refractivity contribution in [2.24, 2.45) is 4.99 Å². The Hall–Kier alpha value is -2.55. The van der Waals surface area contributed by atoms with Crippen molar-refractivity contribution in [2.75, 3.05) is 6.67 Å². The third kappa shape index (κ3) is 3.76. The van der Waals surface area contributed by atoms with E-state index in [1.54, 1.807) is 0 Å². The molecule has 2 aromatic rings. The molecule has 0 radical (unpaired) electrons. The summed E-state index contributed by atoms with van der Waals surface area (Å²) in [6.07, 6.45) is 4.16. The van der Waals surface area contributed by atoms with Crippen LogP contribution in [0.4, 0.5) is 0 Å². The lowest BCUT2D eigenvalue weighted by atomic mass is 10.1. The van der Waals surface area contributed by atoms with E-state index < -0.39 is 0 Å². The Kier molecular flexibility index (Phi) is 4.54. The summed E-state index contributed by atoms with van der Waals surface area (Å²) in [5.74, 6) is 0.945. The monoisotopic (exact) mass is 291 g/mol. The molecule has 2 aromatic carbocycles. The molecule has 1 heterocycles. The number of hydrogen-bond donors (Lipinski definition) is 1. The van der Waals surface area contributed by atoms with Crippen molar-refractivity contribution < 1.29 is 0 Å². The molecule has 0 aliphatic carbocycles. The summed E-state index contributed by atoms with van der Waals surface area (Å²) >= 11 is 0. The van der Waals surface area contributed by atoms with E-state index in [2.05, 4.69) is 76.9 Å². The van der Waals surface area contributed by atoms with Crippen LogP contribution in [-0.4, -0.2) is 17.4 Å². The van der Waals surface area contributed by atoms with Crippen molar-refractivity contribution in [3.05, 3.63) is 84.1 Å². The van der Waals surface area contributed by atoms with Crippen LogP contribution < -0.4 is 5.32 Å². The van der Waals surface area contributed by atoms with Gasteiger partial charge in [-0.3, -0.25) is 0 Å². The predicted molar refractivity (Wildman–Crippen MR) is 91.4 cm³/mol. The first-order valence-electron chi connectivity index (χ1n) is 7.63. The molecule has 0 saturated carbocycles. The molecule has 1 atom stereocenters. The van der Waals surface area contributed by atoms with Gasteiger partial charge >= 0.3 is 0 Å². The van der Waals surface area contributed by atoms with Crippen molar-refractivity contribution >= 4 is 5.84 Å². The summed E-state index contributed by atoms with van der Waals surface area (Å²) < 4.78 is 0. The summed E-state index contributed by atoms with van der Waals surface area (Å²) in [6.45, 7) is 3.74. The van der Waals surface area contributed by atoms with E-state index in [1.807, 2.05) is 18.2 Å². The summed E-state index contributed by atoms with van der Waals surface area (Å²) in [4.78, 5) is 6.82. The summed E-state index contributed by atoms with van der Waals surface area (Å²) in [5, 5.41) is 3.46. The van der Waals surface area contributed by atoms with Gasteiger partial charge in [-0.15, -0.1) is 0 Å². The molecule has 0 spiro atoms.